The minimum Gasteiger partial charge on any atom is -0.748 e. The summed E-state index contributed by atoms with van der Waals surface area (Å²) in [6.07, 6.45) is 2.20. The van der Waals surface area contributed by atoms with Gasteiger partial charge in [0, 0.05) is 6.26 Å². The molecule has 0 bridgehead atoms. The molecule has 1 heterocycles. The largest absolute Gasteiger partial charge is 0.748 e. The van der Waals surface area contributed by atoms with E-state index in [1.54, 1.807) is 0 Å². The highest BCUT2D eigenvalue weighted by Crippen LogP contribution is 2.12. The van der Waals surface area contributed by atoms with Crippen molar-refractivity contribution in [1.29, 1.82) is 0 Å². The lowest BCUT2D eigenvalue weighted by Crippen LogP contribution is -2.49. The lowest BCUT2D eigenvalue weighted by Gasteiger charge is -2.36. The van der Waals surface area contributed by atoms with Crippen LogP contribution in [-0.4, -0.2) is 56.2 Å². The molecule has 1 saturated heterocycles. The molecule has 0 N–H and O–H groups in total. The van der Waals surface area contributed by atoms with Crippen LogP contribution in [-0.2, 0) is 14.9 Å². The Kier molecular flexibility index (Phi) is 5.41. The highest BCUT2D eigenvalue weighted by molar-refractivity contribution is 7.84. The first kappa shape index (κ1) is 14.5. The third kappa shape index (κ3) is 8.53. The molecule has 0 spiro atoms. The van der Waals surface area contributed by atoms with E-state index in [9.17, 15) is 4.79 Å². The third-order valence-electron chi connectivity index (χ3n) is 2.62. The van der Waals surface area contributed by atoms with Gasteiger partial charge in [-0.3, -0.25) is 4.79 Å². The predicted molar refractivity (Wildman–Crippen MR) is 56.3 cm³/mol. The molecule has 1 aliphatic heterocycles. The van der Waals surface area contributed by atoms with Crippen molar-refractivity contribution < 1.29 is 22.2 Å². The molecule has 0 aliphatic carbocycles. The molecular formula is C9H19NO4S. The van der Waals surface area contributed by atoms with Gasteiger partial charge in [-0.05, 0) is 6.92 Å². The van der Waals surface area contributed by atoms with Crippen LogP contribution in [0, 0.1) is 0 Å². The van der Waals surface area contributed by atoms with Crippen LogP contribution in [0.2, 0.25) is 0 Å². The number of quaternary nitrogens is 1. The average molecular weight is 237 g/mol. The maximum atomic E-state index is 10.9. The van der Waals surface area contributed by atoms with E-state index in [1.165, 1.54) is 0 Å². The van der Waals surface area contributed by atoms with Gasteiger partial charge in [0.25, 0.3) is 0 Å². The lowest BCUT2D eigenvalue weighted by molar-refractivity contribution is -0.909. The van der Waals surface area contributed by atoms with Gasteiger partial charge in [-0.1, -0.05) is 0 Å². The Morgan fingerprint density at radius 3 is 1.93 bits per heavy atom. The van der Waals surface area contributed by atoms with Crippen LogP contribution in [0.1, 0.15) is 19.8 Å². The molecule has 1 rings (SSSR count). The molecule has 6 heteroatoms. The van der Waals surface area contributed by atoms with Crippen molar-refractivity contribution in [3.63, 3.8) is 0 Å². The molecule has 1 fully saturated rings. The summed E-state index contributed by atoms with van der Waals surface area (Å²) in [5.74, 6) is 0.448. The zero-order valence-corrected chi connectivity index (χ0v) is 10.3. The second kappa shape index (κ2) is 5.58. The van der Waals surface area contributed by atoms with Gasteiger partial charge in [0.15, 0.2) is 0 Å². The number of Topliss-reactive ketones (excluding diaryl/α,β-unsaturated/α-hetero) is 1. The Hall–Kier alpha value is -0.460. The number of hydrogen-bond donors (Lipinski definition) is 0. The van der Waals surface area contributed by atoms with Crippen LogP contribution < -0.4 is 0 Å². The van der Waals surface area contributed by atoms with Crippen molar-refractivity contribution in [2.75, 3.05) is 32.9 Å². The lowest BCUT2D eigenvalue weighted by atomic mass is 10.1. The van der Waals surface area contributed by atoms with E-state index >= 15 is 0 Å². The van der Waals surface area contributed by atoms with Crippen molar-refractivity contribution in [2.45, 2.75) is 19.8 Å². The molecule has 0 atom stereocenters. The van der Waals surface area contributed by atoms with Crippen molar-refractivity contribution >= 4 is 15.9 Å². The second-order valence-electron chi connectivity index (χ2n) is 4.13. The molecule has 90 valence electrons. The fraction of sp³-hybridized carbons (Fsp3) is 0.889. The van der Waals surface area contributed by atoms with Gasteiger partial charge in [-0.25, -0.2) is 8.42 Å². The van der Waals surface area contributed by atoms with Gasteiger partial charge in [0.05, 0.1) is 49.6 Å². The van der Waals surface area contributed by atoms with E-state index in [-0.39, 0.29) is 0 Å². The van der Waals surface area contributed by atoms with E-state index in [0.29, 0.717) is 12.0 Å². The molecule has 0 amide bonds. The fourth-order valence-electron chi connectivity index (χ4n) is 1.34. The number of nitrogens with zero attached hydrogens (tertiary/aromatic N) is 1. The molecule has 0 radical (unpaired) electrons. The number of piperidine rings is 1. The number of rotatable bonds is 1. The molecule has 5 nitrogen and oxygen atoms in total. The normalized spacial score (nSPS) is 20.4. The topological polar surface area (TPSA) is 74.3 Å². The summed E-state index contributed by atoms with van der Waals surface area (Å²) in [6.45, 7) is 5.45. The number of ketones is 1. The molecular weight excluding hydrogens is 218 g/mol. The Morgan fingerprint density at radius 2 is 1.67 bits per heavy atom. The predicted octanol–water partition coefficient (Wildman–Crippen LogP) is -0.0228. The first-order valence-corrected chi connectivity index (χ1v) is 6.74. The highest BCUT2D eigenvalue weighted by atomic mass is 32.2. The van der Waals surface area contributed by atoms with Crippen molar-refractivity contribution in [3.8, 4) is 0 Å². The van der Waals surface area contributed by atoms with E-state index in [4.69, 9.17) is 13.0 Å². The first-order chi connectivity index (χ1) is 6.66. The van der Waals surface area contributed by atoms with Crippen LogP contribution in [0.25, 0.3) is 0 Å². The molecule has 0 unspecified atom stereocenters. The molecule has 1 aliphatic rings. The summed E-state index contributed by atoms with van der Waals surface area (Å²) in [4.78, 5) is 10.9. The van der Waals surface area contributed by atoms with Crippen LogP contribution in [0.3, 0.4) is 0 Å². The molecule has 0 aromatic rings. The molecule has 15 heavy (non-hydrogen) atoms. The molecule has 0 aromatic carbocycles. The van der Waals surface area contributed by atoms with Gasteiger partial charge < -0.3 is 9.04 Å². The zero-order chi connectivity index (χ0) is 12.1. The third-order valence-corrected chi connectivity index (χ3v) is 2.62. The van der Waals surface area contributed by atoms with Crippen molar-refractivity contribution in [1.82, 2.24) is 0 Å². The fourth-order valence-corrected chi connectivity index (χ4v) is 1.34. The van der Waals surface area contributed by atoms with Crippen molar-refractivity contribution in [2.24, 2.45) is 0 Å². The summed E-state index contributed by atoms with van der Waals surface area (Å²) >= 11 is 0. The summed E-state index contributed by atoms with van der Waals surface area (Å²) in [6, 6.07) is 0. The van der Waals surface area contributed by atoms with Crippen LogP contribution in [0.5, 0.6) is 0 Å². The number of carbonyl (C=O) groups excluding carboxylic acids is 1. The number of hydrogen-bond acceptors (Lipinski definition) is 4. The Labute approximate surface area is 91.4 Å². The SMILES string of the molecule is CC[N+]1(C)CCC(=O)CC1.CS(=O)(=O)[O-]. The van der Waals surface area contributed by atoms with Crippen molar-refractivity contribution in [3.05, 3.63) is 0 Å². The first-order valence-electron chi connectivity index (χ1n) is 4.92. The standard InChI is InChI=1S/C8H16NO.CH4O3S/c1-3-9(2)6-4-8(10)5-7-9;1-5(2,3)4/h3-7H2,1-2H3;1H3,(H,2,3,4)/q+1;/p-1. The van der Waals surface area contributed by atoms with Crippen LogP contribution in [0.4, 0.5) is 0 Å². The van der Waals surface area contributed by atoms with Gasteiger partial charge in [-0.2, -0.15) is 0 Å². The Bertz CT molecular complexity index is 292. The maximum absolute atomic E-state index is 10.9. The Morgan fingerprint density at radius 1 is 1.33 bits per heavy atom. The second-order valence-corrected chi connectivity index (χ2v) is 5.53. The average Bonchev–Trinajstić information content (AvgIpc) is 2.08. The minimum absolute atomic E-state index is 0.448. The van der Waals surface area contributed by atoms with Gasteiger partial charge >= 0.3 is 0 Å². The van der Waals surface area contributed by atoms with Crippen LogP contribution in [0.15, 0.2) is 0 Å². The maximum Gasteiger partial charge on any atom is 0.144 e. The smallest absolute Gasteiger partial charge is 0.144 e. The van der Waals surface area contributed by atoms with Crippen LogP contribution >= 0.6 is 0 Å². The number of carbonyl (C=O) groups is 1. The summed E-state index contributed by atoms with van der Waals surface area (Å²) in [5.41, 5.74) is 0. The van der Waals surface area contributed by atoms with Gasteiger partial charge in [0.2, 0.25) is 0 Å². The summed E-state index contributed by atoms with van der Waals surface area (Å²) in [7, 11) is -1.69. The quantitative estimate of drug-likeness (QED) is 0.474. The highest BCUT2D eigenvalue weighted by Gasteiger charge is 2.26. The summed E-state index contributed by atoms with van der Waals surface area (Å²) in [5, 5.41) is 0. The van der Waals surface area contributed by atoms with E-state index in [1.807, 2.05) is 0 Å². The Balaban J connectivity index is 0.000000336. The van der Waals surface area contributed by atoms with Gasteiger partial charge in [0.1, 0.15) is 5.78 Å². The van der Waals surface area contributed by atoms with E-state index in [2.05, 4.69) is 14.0 Å². The zero-order valence-electron chi connectivity index (χ0n) is 9.52. The van der Waals surface area contributed by atoms with Gasteiger partial charge in [-0.15, -0.1) is 0 Å². The molecule has 0 saturated carbocycles. The minimum atomic E-state index is -3.92. The molecule has 0 aromatic heterocycles. The summed E-state index contributed by atoms with van der Waals surface area (Å²) < 4.78 is 28.3. The van der Waals surface area contributed by atoms with E-state index in [0.717, 1.165) is 37.0 Å². The number of likely N-dealkylation sites (tertiary alicyclic amines) is 1. The monoisotopic (exact) mass is 237 g/mol. The van der Waals surface area contributed by atoms with E-state index < -0.39 is 10.1 Å².